The lowest BCUT2D eigenvalue weighted by molar-refractivity contribution is -0.142. The van der Waals surface area contributed by atoms with Crippen molar-refractivity contribution in [1.82, 2.24) is 9.88 Å². The number of anilines is 1. The van der Waals surface area contributed by atoms with E-state index in [1.165, 1.54) is 17.0 Å². The third-order valence-electron chi connectivity index (χ3n) is 3.15. The van der Waals surface area contributed by atoms with Gasteiger partial charge in [-0.15, -0.1) is 0 Å². The number of benzene rings is 1. The predicted octanol–water partition coefficient (Wildman–Crippen LogP) is 3.03. The lowest BCUT2D eigenvalue weighted by atomic mass is 10.2. The molecule has 2 rings (SSSR count). The Kier molecular flexibility index (Phi) is 5.96. The van der Waals surface area contributed by atoms with Crippen molar-refractivity contribution in [3.63, 3.8) is 0 Å². The second kappa shape index (κ2) is 7.94. The Bertz CT molecular complexity index is 687. The van der Waals surface area contributed by atoms with Gasteiger partial charge in [-0.2, -0.15) is 0 Å². The van der Waals surface area contributed by atoms with E-state index < -0.39 is 11.8 Å². The lowest BCUT2D eigenvalue weighted by Crippen LogP contribution is -2.38. The van der Waals surface area contributed by atoms with Crippen molar-refractivity contribution in [1.29, 1.82) is 0 Å². The van der Waals surface area contributed by atoms with Gasteiger partial charge in [-0.25, -0.2) is 0 Å². The fourth-order valence-electron chi connectivity index (χ4n) is 1.93. The minimum atomic E-state index is -0.736. The largest absolute Gasteiger partial charge is 0.337 e. The molecule has 0 unspecified atom stereocenters. The minimum Gasteiger partial charge on any atom is -0.337 e. The van der Waals surface area contributed by atoms with Crippen LogP contribution in [-0.2, 0) is 16.0 Å². The number of rotatable bonds is 4. The molecular formula is C16H15Cl2N3O2. The van der Waals surface area contributed by atoms with Gasteiger partial charge >= 0.3 is 11.8 Å². The third kappa shape index (κ3) is 5.23. The molecule has 7 heteroatoms. The number of hydrogen-bond donors (Lipinski definition) is 1. The summed E-state index contributed by atoms with van der Waals surface area (Å²) in [5.41, 5.74) is 1.42. The number of nitrogens with one attached hydrogen (secondary N) is 1. The van der Waals surface area contributed by atoms with E-state index in [4.69, 9.17) is 23.2 Å². The maximum absolute atomic E-state index is 12.1. The molecule has 0 saturated heterocycles. The Hall–Kier alpha value is -2.11. The molecule has 0 aliphatic rings. The summed E-state index contributed by atoms with van der Waals surface area (Å²) < 4.78 is 0. The van der Waals surface area contributed by atoms with Crippen LogP contribution in [0.4, 0.5) is 5.69 Å². The van der Waals surface area contributed by atoms with E-state index in [0.717, 1.165) is 5.56 Å². The van der Waals surface area contributed by atoms with Gasteiger partial charge in [-0.1, -0.05) is 23.2 Å². The predicted molar refractivity (Wildman–Crippen MR) is 90.7 cm³/mol. The van der Waals surface area contributed by atoms with Crippen molar-refractivity contribution in [3.05, 3.63) is 58.3 Å². The van der Waals surface area contributed by atoms with Crippen LogP contribution >= 0.6 is 23.2 Å². The Morgan fingerprint density at radius 2 is 1.74 bits per heavy atom. The Labute approximate surface area is 144 Å². The number of carbonyl (C=O) groups is 2. The molecule has 0 aliphatic heterocycles. The first kappa shape index (κ1) is 17.2. The molecule has 2 amide bonds. The summed E-state index contributed by atoms with van der Waals surface area (Å²) in [6.45, 7) is 0.423. The van der Waals surface area contributed by atoms with Crippen LogP contribution in [-0.4, -0.2) is 35.3 Å². The Morgan fingerprint density at radius 3 is 2.35 bits per heavy atom. The molecule has 120 valence electrons. The molecule has 1 aromatic heterocycles. The highest BCUT2D eigenvalue weighted by atomic mass is 35.5. The van der Waals surface area contributed by atoms with Gasteiger partial charge in [0.15, 0.2) is 0 Å². The van der Waals surface area contributed by atoms with Gasteiger partial charge in [-0.05, 0) is 42.3 Å². The number of hydrogen-bond acceptors (Lipinski definition) is 3. The van der Waals surface area contributed by atoms with E-state index in [1.54, 1.807) is 25.5 Å². The molecule has 5 nitrogen and oxygen atoms in total. The SMILES string of the molecule is CN(CCc1ccncc1)C(=O)C(=O)Nc1cc(Cl)cc(Cl)c1. The van der Waals surface area contributed by atoms with E-state index >= 15 is 0 Å². The van der Waals surface area contributed by atoms with E-state index in [9.17, 15) is 9.59 Å². The monoisotopic (exact) mass is 351 g/mol. The Morgan fingerprint density at radius 1 is 1.13 bits per heavy atom. The number of likely N-dealkylation sites (N-methyl/N-ethyl adjacent to an activating group) is 1. The first-order valence-electron chi connectivity index (χ1n) is 6.87. The number of carbonyl (C=O) groups excluding carboxylic acids is 2. The van der Waals surface area contributed by atoms with Crippen LogP contribution in [0.15, 0.2) is 42.7 Å². The van der Waals surface area contributed by atoms with Crippen LogP contribution in [0.3, 0.4) is 0 Å². The first-order valence-corrected chi connectivity index (χ1v) is 7.63. The number of aromatic nitrogens is 1. The molecule has 0 spiro atoms. The average Bonchev–Trinajstić information content (AvgIpc) is 2.51. The quantitative estimate of drug-likeness (QED) is 0.861. The fraction of sp³-hybridized carbons (Fsp3) is 0.188. The van der Waals surface area contributed by atoms with Crippen LogP contribution < -0.4 is 5.32 Å². The highest BCUT2D eigenvalue weighted by molar-refractivity contribution is 6.40. The summed E-state index contributed by atoms with van der Waals surface area (Å²) in [6.07, 6.45) is 4.01. The molecule has 0 radical (unpaired) electrons. The smallest absolute Gasteiger partial charge is 0.313 e. The van der Waals surface area contributed by atoms with E-state index in [-0.39, 0.29) is 0 Å². The molecule has 0 saturated carbocycles. The first-order chi connectivity index (χ1) is 11.0. The topological polar surface area (TPSA) is 62.3 Å². The van der Waals surface area contributed by atoms with Gasteiger partial charge in [0.05, 0.1) is 0 Å². The maximum Gasteiger partial charge on any atom is 0.313 e. The molecule has 0 aliphatic carbocycles. The van der Waals surface area contributed by atoms with Gasteiger partial charge in [0.2, 0.25) is 0 Å². The van der Waals surface area contributed by atoms with Crippen LogP contribution in [0.25, 0.3) is 0 Å². The highest BCUT2D eigenvalue weighted by Crippen LogP contribution is 2.22. The maximum atomic E-state index is 12.1. The van der Waals surface area contributed by atoms with Crippen LogP contribution in [0.5, 0.6) is 0 Å². The van der Waals surface area contributed by atoms with Crippen molar-refractivity contribution in [2.45, 2.75) is 6.42 Å². The summed E-state index contributed by atoms with van der Waals surface area (Å²) in [5.74, 6) is -1.37. The zero-order valence-electron chi connectivity index (χ0n) is 12.4. The van der Waals surface area contributed by atoms with Gasteiger partial charge < -0.3 is 10.2 Å². The van der Waals surface area contributed by atoms with Gasteiger partial charge in [0.1, 0.15) is 0 Å². The summed E-state index contributed by atoms with van der Waals surface area (Å²) in [6, 6.07) is 8.32. The molecule has 2 aromatic rings. The molecule has 1 aromatic carbocycles. The van der Waals surface area contributed by atoms with Crippen molar-refractivity contribution in [3.8, 4) is 0 Å². The summed E-state index contributed by atoms with van der Waals surface area (Å²) in [5, 5.41) is 3.26. The van der Waals surface area contributed by atoms with Crippen molar-refractivity contribution >= 4 is 40.7 Å². The van der Waals surface area contributed by atoms with Crippen molar-refractivity contribution < 1.29 is 9.59 Å². The number of amides is 2. The molecule has 1 heterocycles. The zero-order valence-corrected chi connectivity index (χ0v) is 13.9. The van der Waals surface area contributed by atoms with E-state index in [0.29, 0.717) is 28.7 Å². The van der Waals surface area contributed by atoms with Crippen LogP contribution in [0.2, 0.25) is 10.0 Å². The number of nitrogens with zero attached hydrogens (tertiary/aromatic N) is 2. The summed E-state index contributed by atoms with van der Waals surface area (Å²) in [4.78, 5) is 29.4. The molecular weight excluding hydrogens is 337 g/mol. The average molecular weight is 352 g/mol. The van der Waals surface area contributed by atoms with Crippen molar-refractivity contribution in [2.24, 2.45) is 0 Å². The number of halogens is 2. The zero-order chi connectivity index (χ0) is 16.8. The highest BCUT2D eigenvalue weighted by Gasteiger charge is 2.18. The van der Waals surface area contributed by atoms with E-state index in [1.807, 2.05) is 12.1 Å². The fourth-order valence-corrected chi connectivity index (χ4v) is 2.46. The standard InChI is InChI=1S/C16H15Cl2N3O2/c1-21(7-4-11-2-5-19-6-3-11)16(23)15(22)20-14-9-12(17)8-13(18)10-14/h2-3,5-6,8-10H,4,7H2,1H3,(H,20,22). The van der Waals surface area contributed by atoms with Gasteiger partial charge in [0.25, 0.3) is 0 Å². The second-order valence-electron chi connectivity index (χ2n) is 4.94. The number of pyridine rings is 1. The van der Waals surface area contributed by atoms with Gasteiger partial charge in [-0.3, -0.25) is 14.6 Å². The van der Waals surface area contributed by atoms with Gasteiger partial charge in [0, 0.05) is 41.7 Å². The minimum absolute atomic E-state index is 0.378. The van der Waals surface area contributed by atoms with E-state index in [2.05, 4.69) is 10.3 Å². The lowest BCUT2D eigenvalue weighted by Gasteiger charge is -2.16. The normalized spacial score (nSPS) is 10.2. The van der Waals surface area contributed by atoms with Crippen molar-refractivity contribution in [2.75, 3.05) is 18.9 Å². The van der Waals surface area contributed by atoms with Crippen LogP contribution in [0.1, 0.15) is 5.56 Å². The molecule has 0 atom stereocenters. The third-order valence-corrected chi connectivity index (χ3v) is 3.58. The summed E-state index contributed by atoms with van der Waals surface area (Å²) >= 11 is 11.7. The molecule has 23 heavy (non-hydrogen) atoms. The second-order valence-corrected chi connectivity index (χ2v) is 5.82. The molecule has 0 bridgehead atoms. The Balaban J connectivity index is 1.92. The summed E-state index contributed by atoms with van der Waals surface area (Å²) in [7, 11) is 1.58. The van der Waals surface area contributed by atoms with Crippen LogP contribution in [0, 0.1) is 0 Å². The molecule has 0 fully saturated rings. The molecule has 1 N–H and O–H groups in total.